The number of likely N-dealkylation sites (tertiary alicyclic amines) is 1. The Kier molecular flexibility index (Phi) is 3.58. The molecule has 2 unspecified atom stereocenters. The molecular weight excluding hydrogens is 172 g/mol. The molecule has 0 spiro atoms. The molecule has 0 aliphatic carbocycles. The molecule has 0 aromatic rings. The van der Waals surface area contributed by atoms with E-state index >= 15 is 0 Å². The average Bonchev–Trinajstić information content (AvgIpc) is 2.17. The molecule has 2 heteroatoms. The third-order valence-corrected chi connectivity index (χ3v) is 3.36. The van der Waals surface area contributed by atoms with Crippen molar-refractivity contribution in [1.29, 1.82) is 0 Å². The molecule has 0 radical (unpaired) electrons. The van der Waals surface area contributed by atoms with Crippen molar-refractivity contribution in [2.45, 2.75) is 51.2 Å². The molecule has 0 amide bonds. The Morgan fingerprint density at radius 3 is 2.57 bits per heavy atom. The normalized spacial score (nSPS) is 29.9. The predicted octanol–water partition coefficient (Wildman–Crippen LogP) is 1.47. The van der Waals surface area contributed by atoms with Gasteiger partial charge in [-0.05, 0) is 40.7 Å². The van der Waals surface area contributed by atoms with Gasteiger partial charge in [0.15, 0.2) is 0 Å². The van der Waals surface area contributed by atoms with Gasteiger partial charge in [-0.3, -0.25) is 4.90 Å². The number of nitrogens with one attached hydrogen (secondary N) is 1. The molecule has 14 heavy (non-hydrogen) atoms. The SMILES string of the molecule is C#CC(C)(C)N1CCC(NC)CC1C. The van der Waals surface area contributed by atoms with Gasteiger partial charge in [0.2, 0.25) is 0 Å². The van der Waals surface area contributed by atoms with Gasteiger partial charge >= 0.3 is 0 Å². The van der Waals surface area contributed by atoms with Gasteiger partial charge in [-0.2, -0.15) is 0 Å². The highest BCUT2D eigenvalue weighted by atomic mass is 15.2. The van der Waals surface area contributed by atoms with E-state index in [9.17, 15) is 0 Å². The standard InChI is InChI=1S/C12H22N2/c1-6-12(3,4)14-8-7-11(13-5)9-10(14)2/h1,10-11,13H,7-9H2,2-5H3. The van der Waals surface area contributed by atoms with Gasteiger partial charge < -0.3 is 5.32 Å². The molecule has 0 saturated carbocycles. The van der Waals surface area contributed by atoms with E-state index in [1.165, 1.54) is 12.8 Å². The minimum absolute atomic E-state index is 0.0991. The van der Waals surface area contributed by atoms with Crippen LogP contribution < -0.4 is 5.32 Å². The Hall–Kier alpha value is -0.520. The first-order valence-electron chi connectivity index (χ1n) is 5.43. The largest absolute Gasteiger partial charge is 0.317 e. The smallest absolute Gasteiger partial charge is 0.0768 e. The van der Waals surface area contributed by atoms with E-state index < -0.39 is 0 Å². The van der Waals surface area contributed by atoms with Crippen molar-refractivity contribution in [3.05, 3.63) is 0 Å². The topological polar surface area (TPSA) is 15.3 Å². The molecule has 1 saturated heterocycles. The number of nitrogens with zero attached hydrogens (tertiary/aromatic N) is 1. The number of terminal acetylenes is 1. The van der Waals surface area contributed by atoms with Crippen molar-refractivity contribution in [1.82, 2.24) is 10.2 Å². The number of rotatable bonds is 2. The van der Waals surface area contributed by atoms with E-state index in [2.05, 4.69) is 36.9 Å². The summed E-state index contributed by atoms with van der Waals surface area (Å²) in [6.07, 6.45) is 7.96. The molecule has 2 nitrogen and oxygen atoms in total. The number of hydrogen-bond acceptors (Lipinski definition) is 2. The van der Waals surface area contributed by atoms with Crippen molar-refractivity contribution >= 4 is 0 Å². The Morgan fingerprint density at radius 2 is 2.14 bits per heavy atom. The van der Waals surface area contributed by atoms with Crippen LogP contribution in [0, 0.1) is 12.3 Å². The van der Waals surface area contributed by atoms with E-state index in [1.54, 1.807) is 0 Å². The Balaban J connectivity index is 2.63. The lowest BCUT2D eigenvalue weighted by atomic mass is 9.92. The summed E-state index contributed by atoms with van der Waals surface area (Å²) in [5.41, 5.74) is -0.0991. The second kappa shape index (κ2) is 4.33. The van der Waals surface area contributed by atoms with E-state index in [1.807, 2.05) is 7.05 Å². The van der Waals surface area contributed by atoms with Crippen molar-refractivity contribution in [2.75, 3.05) is 13.6 Å². The summed E-state index contributed by atoms with van der Waals surface area (Å²) in [6, 6.07) is 1.24. The molecule has 1 rings (SSSR count). The van der Waals surface area contributed by atoms with Crippen molar-refractivity contribution in [2.24, 2.45) is 0 Å². The molecule has 1 aliphatic heterocycles. The van der Waals surface area contributed by atoms with Crippen LogP contribution >= 0.6 is 0 Å². The first kappa shape index (κ1) is 11.6. The summed E-state index contributed by atoms with van der Waals surface area (Å²) < 4.78 is 0. The highest BCUT2D eigenvalue weighted by molar-refractivity contribution is 5.10. The Labute approximate surface area is 88.1 Å². The fourth-order valence-corrected chi connectivity index (χ4v) is 2.35. The average molecular weight is 194 g/mol. The van der Waals surface area contributed by atoms with Gasteiger partial charge in [-0.15, -0.1) is 6.42 Å². The van der Waals surface area contributed by atoms with E-state index in [0.29, 0.717) is 12.1 Å². The minimum Gasteiger partial charge on any atom is -0.317 e. The summed E-state index contributed by atoms with van der Waals surface area (Å²) in [5.74, 6) is 2.88. The van der Waals surface area contributed by atoms with Gasteiger partial charge in [0.25, 0.3) is 0 Å². The molecule has 80 valence electrons. The van der Waals surface area contributed by atoms with Crippen molar-refractivity contribution < 1.29 is 0 Å². The van der Waals surface area contributed by atoms with Crippen LogP contribution in [0.4, 0.5) is 0 Å². The minimum atomic E-state index is -0.0991. The molecular formula is C12H22N2. The van der Waals surface area contributed by atoms with Gasteiger partial charge in [0.05, 0.1) is 5.54 Å². The second-order valence-electron chi connectivity index (χ2n) is 4.76. The number of piperidine rings is 1. The molecule has 0 bridgehead atoms. The maximum Gasteiger partial charge on any atom is 0.0768 e. The van der Waals surface area contributed by atoms with Crippen molar-refractivity contribution in [3.8, 4) is 12.3 Å². The fourth-order valence-electron chi connectivity index (χ4n) is 2.35. The van der Waals surface area contributed by atoms with Gasteiger partial charge in [0, 0.05) is 18.6 Å². The maximum atomic E-state index is 5.56. The summed E-state index contributed by atoms with van der Waals surface area (Å²) in [7, 11) is 2.04. The Bertz CT molecular complexity index is 227. The van der Waals surface area contributed by atoms with E-state index in [0.717, 1.165) is 6.54 Å². The molecule has 0 aromatic carbocycles. The van der Waals surface area contributed by atoms with Crippen LogP contribution in [0.3, 0.4) is 0 Å². The third-order valence-electron chi connectivity index (χ3n) is 3.36. The van der Waals surface area contributed by atoms with Crippen LogP contribution in [0.5, 0.6) is 0 Å². The first-order valence-corrected chi connectivity index (χ1v) is 5.43. The van der Waals surface area contributed by atoms with Crippen LogP contribution in [0.15, 0.2) is 0 Å². The quantitative estimate of drug-likeness (QED) is 0.670. The molecule has 1 heterocycles. The van der Waals surface area contributed by atoms with Crippen LogP contribution in [0.1, 0.15) is 33.6 Å². The van der Waals surface area contributed by atoms with Crippen LogP contribution in [-0.2, 0) is 0 Å². The summed E-state index contributed by atoms with van der Waals surface area (Å²) in [4.78, 5) is 2.43. The van der Waals surface area contributed by atoms with Gasteiger partial charge in [0.1, 0.15) is 0 Å². The molecule has 1 aliphatic rings. The molecule has 1 N–H and O–H groups in total. The van der Waals surface area contributed by atoms with Crippen LogP contribution in [0.25, 0.3) is 0 Å². The molecule has 1 fully saturated rings. The zero-order chi connectivity index (χ0) is 10.8. The summed E-state index contributed by atoms with van der Waals surface area (Å²) in [6.45, 7) is 7.62. The zero-order valence-corrected chi connectivity index (χ0v) is 9.80. The third kappa shape index (κ3) is 2.29. The predicted molar refractivity (Wildman–Crippen MR) is 61.2 cm³/mol. The summed E-state index contributed by atoms with van der Waals surface area (Å²) in [5, 5.41) is 3.35. The monoisotopic (exact) mass is 194 g/mol. The lowest BCUT2D eigenvalue weighted by Gasteiger charge is -2.44. The van der Waals surface area contributed by atoms with E-state index in [-0.39, 0.29) is 5.54 Å². The second-order valence-corrected chi connectivity index (χ2v) is 4.76. The fraction of sp³-hybridized carbons (Fsp3) is 0.833. The molecule has 2 atom stereocenters. The highest BCUT2D eigenvalue weighted by Crippen LogP contribution is 2.25. The van der Waals surface area contributed by atoms with Crippen LogP contribution in [-0.4, -0.2) is 36.1 Å². The van der Waals surface area contributed by atoms with Gasteiger partial charge in [-0.25, -0.2) is 0 Å². The maximum absolute atomic E-state index is 5.56. The van der Waals surface area contributed by atoms with Gasteiger partial charge in [-0.1, -0.05) is 5.92 Å². The number of hydrogen-bond donors (Lipinski definition) is 1. The van der Waals surface area contributed by atoms with Crippen LogP contribution in [0.2, 0.25) is 0 Å². The Morgan fingerprint density at radius 1 is 1.50 bits per heavy atom. The first-order chi connectivity index (χ1) is 6.51. The lowest BCUT2D eigenvalue weighted by Crippen LogP contribution is -2.54. The highest BCUT2D eigenvalue weighted by Gasteiger charge is 2.33. The van der Waals surface area contributed by atoms with Crippen molar-refractivity contribution in [3.63, 3.8) is 0 Å². The van der Waals surface area contributed by atoms with E-state index in [4.69, 9.17) is 6.42 Å². The summed E-state index contributed by atoms with van der Waals surface area (Å²) >= 11 is 0. The molecule has 0 aromatic heterocycles. The zero-order valence-electron chi connectivity index (χ0n) is 9.80. The lowest BCUT2D eigenvalue weighted by molar-refractivity contribution is 0.0712.